The number of hydrogen-bond donors (Lipinski definition) is 2. The lowest BCUT2D eigenvalue weighted by Crippen LogP contribution is -2.19. The third kappa shape index (κ3) is 5.08. The predicted octanol–water partition coefficient (Wildman–Crippen LogP) is 5.67. The van der Waals surface area contributed by atoms with Crippen LogP contribution < -0.4 is 10.3 Å². The molecule has 2 N–H and O–H groups in total. The molecule has 12 heteroatoms. The summed E-state index contributed by atoms with van der Waals surface area (Å²) < 4.78 is 27.5. The first-order chi connectivity index (χ1) is 16.5. The molecule has 0 aliphatic carbocycles. The Labute approximate surface area is 216 Å². The van der Waals surface area contributed by atoms with Crippen molar-refractivity contribution in [1.29, 1.82) is 0 Å². The van der Waals surface area contributed by atoms with Crippen LogP contribution in [0.2, 0.25) is 15.1 Å². The van der Waals surface area contributed by atoms with Crippen LogP contribution in [0.5, 0.6) is 0 Å². The van der Waals surface area contributed by atoms with Gasteiger partial charge >= 0.3 is 0 Å². The molecule has 0 bridgehead atoms. The summed E-state index contributed by atoms with van der Waals surface area (Å²) in [6, 6.07) is 9.74. The lowest BCUT2D eigenvalue weighted by Gasteiger charge is -2.17. The molecule has 0 amide bonds. The summed E-state index contributed by atoms with van der Waals surface area (Å²) in [7, 11) is -3.63. The van der Waals surface area contributed by atoms with Crippen LogP contribution in [0.15, 0.2) is 53.2 Å². The second kappa shape index (κ2) is 9.66. The van der Waals surface area contributed by atoms with E-state index in [1.165, 1.54) is 0 Å². The highest BCUT2D eigenvalue weighted by Crippen LogP contribution is 2.35. The van der Waals surface area contributed by atoms with Crippen molar-refractivity contribution in [3.63, 3.8) is 0 Å². The van der Waals surface area contributed by atoms with Gasteiger partial charge in [0.25, 0.3) is 15.6 Å². The maximum absolute atomic E-state index is 13.1. The molecule has 0 saturated carbocycles. The first-order valence-electron chi connectivity index (χ1n) is 10.4. The molecule has 2 heterocycles. The van der Waals surface area contributed by atoms with Gasteiger partial charge in [-0.05, 0) is 35.7 Å². The normalized spacial score (nSPS) is 11.8. The Kier molecular flexibility index (Phi) is 6.97. The number of rotatable bonds is 7. The average Bonchev–Trinajstić information content (AvgIpc) is 3.22. The van der Waals surface area contributed by atoms with Crippen molar-refractivity contribution in [3.05, 3.63) is 90.9 Å². The fraction of sp³-hybridized carbons (Fsp3) is 0.174. The fourth-order valence-electron chi connectivity index (χ4n) is 3.66. The average molecular weight is 553 g/mol. The maximum atomic E-state index is 13.1. The Morgan fingerprint density at radius 3 is 2.34 bits per heavy atom. The number of H-pyrrole nitrogens is 1. The number of fused-ring (bicyclic) bond motifs is 1. The molecule has 2 aromatic carbocycles. The van der Waals surface area contributed by atoms with E-state index in [2.05, 4.69) is 26.5 Å². The fourth-order valence-corrected chi connectivity index (χ4v) is 5.20. The van der Waals surface area contributed by atoms with Crippen molar-refractivity contribution in [3.8, 4) is 5.69 Å². The minimum absolute atomic E-state index is 0.00292. The van der Waals surface area contributed by atoms with E-state index in [0.717, 1.165) is 11.0 Å². The van der Waals surface area contributed by atoms with Crippen LogP contribution in [0.4, 0.5) is 5.69 Å². The molecule has 35 heavy (non-hydrogen) atoms. The molecule has 0 aliphatic heterocycles. The highest BCUT2D eigenvalue weighted by molar-refractivity contribution is 7.95. The van der Waals surface area contributed by atoms with E-state index in [4.69, 9.17) is 34.8 Å². The van der Waals surface area contributed by atoms with Crippen molar-refractivity contribution in [2.24, 2.45) is 0 Å². The molecule has 0 fully saturated rings. The van der Waals surface area contributed by atoms with E-state index in [0.29, 0.717) is 38.9 Å². The molecular formula is C23H20Cl3N5O3S. The van der Waals surface area contributed by atoms with Gasteiger partial charge in [0, 0.05) is 22.5 Å². The van der Waals surface area contributed by atoms with E-state index < -0.39 is 15.6 Å². The molecule has 182 valence electrons. The van der Waals surface area contributed by atoms with Crippen LogP contribution in [0, 0.1) is 0 Å². The molecule has 0 unspecified atom stereocenters. The molecule has 4 aromatic rings. The molecule has 4 rings (SSSR count). The van der Waals surface area contributed by atoms with Crippen molar-refractivity contribution in [1.82, 2.24) is 19.7 Å². The molecule has 8 nitrogen and oxygen atoms in total. The second-order valence-corrected chi connectivity index (χ2v) is 10.9. The summed E-state index contributed by atoms with van der Waals surface area (Å²) in [5.41, 5.74) is 2.07. The number of anilines is 1. The summed E-state index contributed by atoms with van der Waals surface area (Å²) in [5, 5.41) is 9.41. The van der Waals surface area contributed by atoms with E-state index in [1.54, 1.807) is 41.0 Å². The van der Waals surface area contributed by atoms with E-state index in [9.17, 15) is 13.2 Å². The van der Waals surface area contributed by atoms with Gasteiger partial charge in [-0.3, -0.25) is 19.2 Å². The minimum Gasteiger partial charge on any atom is -0.280 e. The monoisotopic (exact) mass is 551 g/mol. The Morgan fingerprint density at radius 2 is 1.77 bits per heavy atom. The SMILES string of the molecule is C=CS(=O)(=O)Nc1ccc(Cc2nc(=O)c3c(C(C)C)[nH]nc3n2-c2c(Cl)cc(Cl)cc2Cl)cc1. The highest BCUT2D eigenvalue weighted by atomic mass is 35.5. The molecule has 0 radical (unpaired) electrons. The Morgan fingerprint density at radius 1 is 1.14 bits per heavy atom. The van der Waals surface area contributed by atoms with Gasteiger partial charge in [0.2, 0.25) is 0 Å². The summed E-state index contributed by atoms with van der Waals surface area (Å²) in [4.78, 5) is 17.4. The van der Waals surface area contributed by atoms with Crippen molar-refractivity contribution in [2.75, 3.05) is 4.72 Å². The summed E-state index contributed by atoms with van der Waals surface area (Å²) >= 11 is 19.2. The lowest BCUT2D eigenvalue weighted by molar-refractivity contribution is 0.609. The smallest absolute Gasteiger partial charge is 0.280 e. The Balaban J connectivity index is 1.89. The van der Waals surface area contributed by atoms with Crippen LogP contribution in [0.1, 0.15) is 36.8 Å². The second-order valence-electron chi connectivity index (χ2n) is 8.06. The maximum Gasteiger partial charge on any atom is 0.284 e. The topological polar surface area (TPSA) is 110 Å². The zero-order valence-corrected chi connectivity index (χ0v) is 21.7. The molecule has 0 aliphatic rings. The van der Waals surface area contributed by atoms with Crippen LogP contribution >= 0.6 is 34.8 Å². The van der Waals surface area contributed by atoms with Gasteiger partial charge in [0.15, 0.2) is 5.65 Å². The zero-order chi connectivity index (χ0) is 25.5. The van der Waals surface area contributed by atoms with Crippen molar-refractivity contribution >= 4 is 61.5 Å². The van der Waals surface area contributed by atoms with Crippen LogP contribution in [-0.2, 0) is 16.4 Å². The number of sulfonamides is 1. The van der Waals surface area contributed by atoms with Gasteiger partial charge in [-0.1, -0.05) is 67.4 Å². The molecule has 2 aromatic heterocycles. The van der Waals surface area contributed by atoms with Gasteiger partial charge < -0.3 is 0 Å². The first kappa shape index (κ1) is 25.2. The van der Waals surface area contributed by atoms with E-state index >= 15 is 0 Å². The van der Waals surface area contributed by atoms with Crippen molar-refractivity contribution < 1.29 is 8.42 Å². The van der Waals surface area contributed by atoms with Gasteiger partial charge in [-0.2, -0.15) is 10.1 Å². The molecule has 0 spiro atoms. The zero-order valence-electron chi connectivity index (χ0n) is 18.6. The van der Waals surface area contributed by atoms with Crippen molar-refractivity contribution in [2.45, 2.75) is 26.2 Å². The molecule has 0 saturated heterocycles. The third-order valence-corrected chi connectivity index (χ3v) is 7.02. The number of aromatic nitrogens is 4. The molecular weight excluding hydrogens is 533 g/mol. The van der Waals surface area contributed by atoms with Gasteiger partial charge in [-0.15, -0.1) is 0 Å². The van der Waals surface area contributed by atoms with Crippen LogP contribution in [0.25, 0.3) is 16.7 Å². The minimum atomic E-state index is -3.63. The number of nitrogens with zero attached hydrogens (tertiary/aromatic N) is 3. The van der Waals surface area contributed by atoms with Gasteiger partial charge in [0.1, 0.15) is 11.2 Å². The van der Waals surface area contributed by atoms with E-state index in [-0.39, 0.29) is 22.4 Å². The lowest BCUT2D eigenvalue weighted by atomic mass is 10.1. The Hall–Kier alpha value is -2.85. The number of aromatic amines is 1. The van der Waals surface area contributed by atoms with E-state index in [1.807, 2.05) is 13.8 Å². The Bertz CT molecular complexity index is 1590. The van der Waals surface area contributed by atoms with Gasteiger partial charge in [0.05, 0.1) is 21.4 Å². The summed E-state index contributed by atoms with van der Waals surface area (Å²) in [5.74, 6) is 0.340. The predicted molar refractivity (Wildman–Crippen MR) is 141 cm³/mol. The highest BCUT2D eigenvalue weighted by Gasteiger charge is 2.23. The summed E-state index contributed by atoms with van der Waals surface area (Å²) in [6.07, 6.45) is 0.207. The van der Waals surface area contributed by atoms with Crippen LogP contribution in [-0.4, -0.2) is 28.2 Å². The number of hydrogen-bond acceptors (Lipinski definition) is 5. The standard InChI is InChI=1S/C23H20Cl3N5O3S/c1-4-35(33,34)30-15-7-5-13(6-8-15)9-18-27-23(32)19-20(12(2)3)28-29-22(19)31(18)21-16(25)10-14(24)11-17(21)26/h4-8,10-12,30H,1,9H2,2-3H3,(H,28,29). The van der Waals surface area contributed by atoms with Gasteiger partial charge in [-0.25, -0.2) is 8.42 Å². The number of nitrogens with one attached hydrogen (secondary N) is 2. The third-order valence-electron chi connectivity index (χ3n) is 5.27. The largest absolute Gasteiger partial charge is 0.284 e. The number of benzene rings is 2. The number of halogens is 3. The quantitative estimate of drug-likeness (QED) is 0.307. The molecule has 0 atom stereocenters. The van der Waals surface area contributed by atoms with Crippen LogP contribution in [0.3, 0.4) is 0 Å². The first-order valence-corrected chi connectivity index (χ1v) is 13.1. The summed E-state index contributed by atoms with van der Waals surface area (Å²) in [6.45, 7) is 7.16.